The van der Waals surface area contributed by atoms with Crippen molar-refractivity contribution in [3.05, 3.63) is 84.0 Å². The first kappa shape index (κ1) is 44.4. The summed E-state index contributed by atoms with van der Waals surface area (Å²) in [5.41, 5.74) is 4.00. The minimum atomic E-state index is -0.468. The fourth-order valence-corrected chi connectivity index (χ4v) is 7.89. The zero-order valence-corrected chi connectivity index (χ0v) is 34.5. The molecule has 1 atom stereocenters. The van der Waals surface area contributed by atoms with Gasteiger partial charge in [0.2, 0.25) is 17.7 Å². The zero-order valence-electron chi connectivity index (χ0n) is 33.7. The smallest absolute Gasteiger partial charge is 0.226 e. The highest BCUT2D eigenvalue weighted by atomic mass is 32.1. The Morgan fingerprint density at radius 3 is 2.31 bits per heavy atom. The number of nitrogens with one attached hydrogen (secondary N) is 4. The monoisotopic (exact) mass is 817 g/mol. The van der Waals surface area contributed by atoms with Gasteiger partial charge in [-0.25, -0.2) is 9.97 Å². The summed E-state index contributed by atoms with van der Waals surface area (Å²) in [7, 11) is 1.63. The van der Waals surface area contributed by atoms with Crippen LogP contribution in [-0.4, -0.2) is 105 Å². The van der Waals surface area contributed by atoms with Crippen LogP contribution in [0.25, 0.3) is 5.70 Å². The Kier molecular flexibility index (Phi) is 18.1. The highest BCUT2D eigenvalue weighted by molar-refractivity contribution is 7.13. The number of thiazole rings is 1. The Labute approximate surface area is 346 Å². The second kappa shape index (κ2) is 23.7. The Morgan fingerprint density at radius 2 is 1.62 bits per heavy atom. The molecule has 3 aromatic rings. The van der Waals surface area contributed by atoms with Crippen molar-refractivity contribution < 1.29 is 33.3 Å². The molecule has 3 amide bonds. The largest absolute Gasteiger partial charge is 0.379 e. The van der Waals surface area contributed by atoms with Gasteiger partial charge in [-0.1, -0.05) is 50.1 Å². The minimum Gasteiger partial charge on any atom is -0.379 e. The first-order valence-electron chi connectivity index (χ1n) is 20.2. The topological polar surface area (TPSA) is 165 Å². The van der Waals surface area contributed by atoms with Crippen molar-refractivity contribution in [2.75, 3.05) is 77.1 Å². The molecular weight excluding hydrogens is 759 g/mol. The number of aromatic nitrogens is 2. The van der Waals surface area contributed by atoms with Gasteiger partial charge in [0.15, 0.2) is 5.13 Å². The standard InChI is InChI=1S/C43H59N7O7S/c1-4-34(14-15-39(51)44-3)50-31-36-35(32(50)2)11-9-12-37(36)48-40(52)16-21-54-23-25-56-27-28-57-26-24-55-22-19-45-41(53)43(17-6-5-7-18-43)30-33-10-8-13-38(47-33)49-42-46-20-29-58-42/h4,8-13,20,29,34H,1-2,5-7,14-19,21-28,30-31H2,3H3,(H,44,51)(H,45,53)(H,48,52)(H,46,47,49). The van der Waals surface area contributed by atoms with E-state index in [1.807, 2.05) is 47.9 Å². The van der Waals surface area contributed by atoms with E-state index in [0.29, 0.717) is 78.6 Å². The average molecular weight is 818 g/mol. The predicted molar refractivity (Wildman–Crippen MR) is 227 cm³/mol. The Morgan fingerprint density at radius 1 is 0.914 bits per heavy atom. The summed E-state index contributed by atoms with van der Waals surface area (Å²) in [6.07, 6.45) is 10.3. The second-order valence-electron chi connectivity index (χ2n) is 14.4. The number of carbonyl (C=O) groups is 3. The molecule has 1 unspecified atom stereocenters. The number of fused-ring (bicyclic) bond motifs is 1. The summed E-state index contributed by atoms with van der Waals surface area (Å²) in [6.45, 7) is 12.4. The molecule has 1 aliphatic carbocycles. The number of benzene rings is 1. The van der Waals surface area contributed by atoms with Crippen molar-refractivity contribution in [2.45, 2.75) is 70.4 Å². The van der Waals surface area contributed by atoms with Gasteiger partial charge < -0.3 is 45.1 Å². The van der Waals surface area contributed by atoms with Gasteiger partial charge in [0.1, 0.15) is 5.82 Å². The number of amides is 3. The molecule has 1 aromatic carbocycles. The van der Waals surface area contributed by atoms with Gasteiger partial charge >= 0.3 is 0 Å². The lowest BCUT2D eigenvalue weighted by Gasteiger charge is -2.35. The predicted octanol–water partition coefficient (Wildman–Crippen LogP) is 5.85. The maximum absolute atomic E-state index is 13.5. The molecule has 314 valence electrons. The van der Waals surface area contributed by atoms with E-state index in [9.17, 15) is 14.4 Å². The zero-order chi connectivity index (χ0) is 41.0. The van der Waals surface area contributed by atoms with Crippen LogP contribution >= 0.6 is 11.3 Å². The van der Waals surface area contributed by atoms with Crippen LogP contribution in [0.4, 0.5) is 16.6 Å². The first-order valence-corrected chi connectivity index (χ1v) is 21.1. The van der Waals surface area contributed by atoms with Gasteiger partial charge in [-0.2, -0.15) is 0 Å². The van der Waals surface area contributed by atoms with Crippen molar-refractivity contribution in [3.63, 3.8) is 0 Å². The third-order valence-corrected chi connectivity index (χ3v) is 11.2. The first-order chi connectivity index (χ1) is 28.3. The number of carbonyl (C=O) groups excluding carboxylic acids is 3. The Hall–Kier alpha value is -4.67. The van der Waals surface area contributed by atoms with Gasteiger partial charge in [-0.15, -0.1) is 17.9 Å². The molecule has 15 heteroatoms. The van der Waals surface area contributed by atoms with Crippen LogP contribution in [0.3, 0.4) is 0 Å². The van der Waals surface area contributed by atoms with Gasteiger partial charge in [0.25, 0.3) is 0 Å². The van der Waals surface area contributed by atoms with Crippen molar-refractivity contribution in [1.29, 1.82) is 0 Å². The number of hydrogen-bond acceptors (Lipinski definition) is 12. The van der Waals surface area contributed by atoms with Crippen molar-refractivity contribution >= 4 is 51.4 Å². The van der Waals surface area contributed by atoms with Crippen LogP contribution in [0.1, 0.15) is 68.2 Å². The minimum absolute atomic E-state index is 0.0174. The van der Waals surface area contributed by atoms with E-state index in [-0.39, 0.29) is 36.8 Å². The molecular formula is C43H59N7O7S. The van der Waals surface area contributed by atoms with Crippen LogP contribution in [0.2, 0.25) is 0 Å². The molecule has 1 fully saturated rings. The summed E-state index contributed by atoms with van der Waals surface area (Å²) in [5, 5.41) is 14.7. The Bertz CT molecular complexity index is 1780. The van der Waals surface area contributed by atoms with E-state index in [1.54, 1.807) is 13.2 Å². The van der Waals surface area contributed by atoms with Gasteiger partial charge in [-0.05, 0) is 37.5 Å². The number of hydrogen-bond donors (Lipinski definition) is 4. The molecule has 14 nitrogen and oxygen atoms in total. The van der Waals surface area contributed by atoms with Crippen LogP contribution in [0.5, 0.6) is 0 Å². The van der Waals surface area contributed by atoms with E-state index in [1.165, 1.54) is 11.3 Å². The molecule has 0 spiro atoms. The van der Waals surface area contributed by atoms with Crippen molar-refractivity contribution in [3.8, 4) is 0 Å². The number of ether oxygens (including phenoxy) is 4. The summed E-state index contributed by atoms with van der Waals surface area (Å²) >= 11 is 1.52. The van der Waals surface area contributed by atoms with E-state index in [4.69, 9.17) is 23.9 Å². The fraction of sp³-hybridized carbons (Fsp3) is 0.512. The number of pyridine rings is 1. The molecule has 0 bridgehead atoms. The summed E-state index contributed by atoms with van der Waals surface area (Å²) in [6, 6.07) is 11.6. The highest BCUT2D eigenvalue weighted by Gasteiger charge is 2.40. The van der Waals surface area contributed by atoms with Crippen LogP contribution < -0.4 is 21.3 Å². The van der Waals surface area contributed by atoms with Crippen molar-refractivity contribution in [2.24, 2.45) is 5.41 Å². The van der Waals surface area contributed by atoms with E-state index >= 15 is 0 Å². The summed E-state index contributed by atoms with van der Waals surface area (Å²) < 4.78 is 22.5. The number of nitrogens with zero attached hydrogens (tertiary/aromatic N) is 3. The average Bonchev–Trinajstić information content (AvgIpc) is 3.87. The molecule has 0 saturated heterocycles. The normalized spacial score (nSPS) is 15.1. The number of rotatable bonds is 26. The molecule has 58 heavy (non-hydrogen) atoms. The third kappa shape index (κ3) is 13.4. The van der Waals surface area contributed by atoms with Crippen LogP contribution in [0, 0.1) is 5.41 Å². The summed E-state index contributed by atoms with van der Waals surface area (Å²) in [4.78, 5) is 49.2. The van der Waals surface area contributed by atoms with Gasteiger partial charge in [0, 0.05) is 78.8 Å². The molecule has 2 aliphatic rings. The molecule has 2 aromatic heterocycles. The lowest BCUT2D eigenvalue weighted by atomic mass is 9.70. The molecule has 1 aliphatic heterocycles. The van der Waals surface area contributed by atoms with Gasteiger partial charge in [-0.3, -0.25) is 14.4 Å². The highest BCUT2D eigenvalue weighted by Crippen LogP contribution is 2.40. The second-order valence-corrected chi connectivity index (χ2v) is 15.3. The third-order valence-electron chi connectivity index (χ3n) is 10.5. The van der Waals surface area contributed by atoms with E-state index < -0.39 is 5.41 Å². The van der Waals surface area contributed by atoms with Crippen LogP contribution in [-0.2, 0) is 46.3 Å². The maximum atomic E-state index is 13.5. The number of anilines is 3. The molecule has 3 heterocycles. The fourth-order valence-electron chi connectivity index (χ4n) is 7.35. The maximum Gasteiger partial charge on any atom is 0.226 e. The molecule has 0 radical (unpaired) electrons. The summed E-state index contributed by atoms with van der Waals surface area (Å²) in [5.74, 6) is 0.645. The van der Waals surface area contributed by atoms with Crippen molar-refractivity contribution in [1.82, 2.24) is 25.5 Å². The quantitative estimate of drug-likeness (QED) is 0.0567. The van der Waals surface area contributed by atoms with E-state index in [0.717, 1.165) is 71.3 Å². The molecule has 4 N–H and O–H groups in total. The van der Waals surface area contributed by atoms with Gasteiger partial charge in [0.05, 0.1) is 64.7 Å². The van der Waals surface area contributed by atoms with E-state index in [2.05, 4.69) is 44.3 Å². The van der Waals surface area contributed by atoms with Crippen LogP contribution in [0.15, 0.2) is 67.2 Å². The molecule has 5 rings (SSSR count). The Balaban J connectivity index is 0.874. The lowest BCUT2D eigenvalue weighted by Crippen LogP contribution is -2.45. The molecule has 1 saturated carbocycles. The SMILES string of the molecule is C=CC(CCC(=O)NC)N1Cc2c(NC(=O)CCOCCOCCOCCOCCNC(=O)C3(Cc4cccc(Nc5nccs5)n4)CCCCC3)cccc2C1=C. The lowest BCUT2D eigenvalue weighted by molar-refractivity contribution is -0.133.